The number of hydrogen-bond acceptors (Lipinski definition) is 6. The van der Waals surface area contributed by atoms with Crippen molar-refractivity contribution in [3.63, 3.8) is 0 Å². The van der Waals surface area contributed by atoms with Crippen LogP contribution >= 0.6 is 0 Å². The number of unbranched alkanes of at least 4 members (excludes halogenated alkanes) is 9. The lowest BCUT2D eigenvalue weighted by Crippen LogP contribution is -2.30. The van der Waals surface area contributed by atoms with Crippen LogP contribution in [0, 0.1) is 0 Å². The Bertz CT molecular complexity index is 437. The number of nitrogens with one attached hydrogen (secondary N) is 1. The largest absolute Gasteiger partial charge is 0.394 e. The standard InChI is InChI=1S/C27H56N2O5/c1-4-5-6-7-9-12-16-25(31)26(34-24-23-33-22-21-30)17-13-10-8-11-14-18-27(32)28-19-15-20-29(2)3/h25-26,30-31H,4-24H2,1-3H3,(H,28,32). The summed E-state index contributed by atoms with van der Waals surface area (Å²) in [6.07, 6.45) is 15.2. The maximum Gasteiger partial charge on any atom is 0.219 e. The van der Waals surface area contributed by atoms with Crippen LogP contribution in [0.5, 0.6) is 0 Å². The van der Waals surface area contributed by atoms with Crippen molar-refractivity contribution in [3.05, 3.63) is 0 Å². The summed E-state index contributed by atoms with van der Waals surface area (Å²) in [6, 6.07) is 0. The Morgan fingerprint density at radius 1 is 0.853 bits per heavy atom. The Balaban J connectivity index is 3.98. The number of rotatable bonds is 26. The van der Waals surface area contributed by atoms with Gasteiger partial charge in [-0.05, 0) is 46.3 Å². The van der Waals surface area contributed by atoms with E-state index >= 15 is 0 Å². The van der Waals surface area contributed by atoms with Crippen molar-refractivity contribution in [2.24, 2.45) is 0 Å². The van der Waals surface area contributed by atoms with Crippen LogP contribution in [0.15, 0.2) is 0 Å². The summed E-state index contributed by atoms with van der Waals surface area (Å²) in [7, 11) is 4.08. The zero-order valence-corrected chi connectivity index (χ0v) is 22.6. The van der Waals surface area contributed by atoms with Gasteiger partial charge in [-0.3, -0.25) is 4.79 Å². The molecule has 0 aliphatic carbocycles. The van der Waals surface area contributed by atoms with E-state index in [1.807, 2.05) is 14.1 Å². The summed E-state index contributed by atoms with van der Waals surface area (Å²) < 4.78 is 11.2. The minimum absolute atomic E-state index is 0.0161. The Kier molecular flexibility index (Phi) is 24.8. The third-order valence-corrected chi connectivity index (χ3v) is 6.07. The van der Waals surface area contributed by atoms with Crippen molar-refractivity contribution in [2.45, 2.75) is 115 Å². The van der Waals surface area contributed by atoms with Crippen LogP contribution in [0.2, 0.25) is 0 Å². The molecule has 0 heterocycles. The van der Waals surface area contributed by atoms with Crippen molar-refractivity contribution in [1.29, 1.82) is 0 Å². The van der Waals surface area contributed by atoms with Crippen molar-refractivity contribution < 1.29 is 24.5 Å². The van der Waals surface area contributed by atoms with Gasteiger partial charge in [-0.2, -0.15) is 0 Å². The van der Waals surface area contributed by atoms with Crippen LogP contribution in [0.3, 0.4) is 0 Å². The average molecular weight is 489 g/mol. The molecule has 0 bridgehead atoms. The maximum absolute atomic E-state index is 11.9. The fraction of sp³-hybridized carbons (Fsp3) is 0.963. The summed E-state index contributed by atoms with van der Waals surface area (Å²) in [5.41, 5.74) is 0. The first-order valence-electron chi connectivity index (χ1n) is 13.9. The molecule has 0 aliphatic heterocycles. The fourth-order valence-corrected chi connectivity index (χ4v) is 4.00. The van der Waals surface area contributed by atoms with E-state index in [1.165, 1.54) is 32.1 Å². The number of carbonyl (C=O) groups is 1. The monoisotopic (exact) mass is 488 g/mol. The van der Waals surface area contributed by atoms with Gasteiger partial charge in [0.25, 0.3) is 0 Å². The Labute approximate surface area is 210 Å². The molecule has 0 radical (unpaired) electrons. The predicted molar refractivity (Wildman–Crippen MR) is 140 cm³/mol. The fourth-order valence-electron chi connectivity index (χ4n) is 4.00. The van der Waals surface area contributed by atoms with E-state index in [9.17, 15) is 9.90 Å². The second-order valence-corrected chi connectivity index (χ2v) is 9.68. The molecule has 7 nitrogen and oxygen atoms in total. The second-order valence-electron chi connectivity index (χ2n) is 9.68. The zero-order valence-electron chi connectivity index (χ0n) is 22.6. The van der Waals surface area contributed by atoms with E-state index in [4.69, 9.17) is 14.6 Å². The summed E-state index contributed by atoms with van der Waals surface area (Å²) in [5.74, 6) is 0.161. The van der Waals surface area contributed by atoms with Crippen LogP contribution in [-0.4, -0.2) is 86.8 Å². The lowest BCUT2D eigenvalue weighted by atomic mass is 9.99. The minimum Gasteiger partial charge on any atom is -0.394 e. The lowest BCUT2D eigenvalue weighted by molar-refractivity contribution is -0.121. The van der Waals surface area contributed by atoms with Gasteiger partial charge in [0.2, 0.25) is 5.91 Å². The smallest absolute Gasteiger partial charge is 0.219 e. The molecule has 7 heteroatoms. The van der Waals surface area contributed by atoms with Gasteiger partial charge in [0.05, 0.1) is 38.6 Å². The molecule has 2 unspecified atom stereocenters. The van der Waals surface area contributed by atoms with Crippen molar-refractivity contribution in [3.8, 4) is 0 Å². The van der Waals surface area contributed by atoms with Gasteiger partial charge in [-0.1, -0.05) is 71.1 Å². The molecule has 0 spiro atoms. The highest BCUT2D eigenvalue weighted by molar-refractivity contribution is 5.75. The van der Waals surface area contributed by atoms with E-state index in [1.54, 1.807) is 0 Å². The Hall–Kier alpha value is -0.730. The van der Waals surface area contributed by atoms with Gasteiger partial charge < -0.3 is 29.9 Å². The summed E-state index contributed by atoms with van der Waals surface area (Å²) in [6.45, 7) is 5.20. The molecular weight excluding hydrogens is 432 g/mol. The third-order valence-electron chi connectivity index (χ3n) is 6.07. The summed E-state index contributed by atoms with van der Waals surface area (Å²) >= 11 is 0. The van der Waals surface area contributed by atoms with Crippen LogP contribution in [-0.2, 0) is 14.3 Å². The van der Waals surface area contributed by atoms with Crippen molar-refractivity contribution in [1.82, 2.24) is 10.2 Å². The van der Waals surface area contributed by atoms with Crippen molar-refractivity contribution in [2.75, 3.05) is 53.6 Å². The topological polar surface area (TPSA) is 91.3 Å². The molecule has 1 amide bonds. The summed E-state index contributed by atoms with van der Waals surface area (Å²) in [5, 5.41) is 22.5. The molecule has 0 saturated carbocycles. The molecule has 2 atom stereocenters. The highest BCUT2D eigenvalue weighted by Gasteiger charge is 2.19. The first-order chi connectivity index (χ1) is 16.5. The minimum atomic E-state index is -0.430. The average Bonchev–Trinajstić information content (AvgIpc) is 2.81. The first kappa shape index (κ1) is 33.3. The van der Waals surface area contributed by atoms with E-state index in [-0.39, 0.29) is 18.6 Å². The van der Waals surface area contributed by atoms with E-state index in [0.29, 0.717) is 26.2 Å². The number of aliphatic hydroxyl groups is 2. The van der Waals surface area contributed by atoms with Gasteiger partial charge in [-0.15, -0.1) is 0 Å². The first-order valence-corrected chi connectivity index (χ1v) is 13.9. The van der Waals surface area contributed by atoms with E-state index < -0.39 is 6.10 Å². The summed E-state index contributed by atoms with van der Waals surface area (Å²) in [4.78, 5) is 14.0. The molecular formula is C27H56N2O5. The third kappa shape index (κ3) is 23.0. The van der Waals surface area contributed by atoms with Gasteiger partial charge in [0, 0.05) is 13.0 Å². The van der Waals surface area contributed by atoms with Crippen molar-refractivity contribution >= 4 is 5.91 Å². The highest BCUT2D eigenvalue weighted by Crippen LogP contribution is 2.17. The van der Waals surface area contributed by atoms with Crippen LogP contribution in [0.1, 0.15) is 103 Å². The molecule has 3 N–H and O–H groups in total. The maximum atomic E-state index is 11.9. The SMILES string of the molecule is CCCCCCCCC(O)C(CCCCCCCC(=O)NCCCN(C)C)OCCOCCO. The normalized spacial score (nSPS) is 13.4. The van der Waals surface area contributed by atoms with Gasteiger partial charge in [-0.25, -0.2) is 0 Å². The predicted octanol–water partition coefficient (Wildman–Crippen LogP) is 4.29. The van der Waals surface area contributed by atoms with Gasteiger partial charge in [0.1, 0.15) is 0 Å². The van der Waals surface area contributed by atoms with Gasteiger partial charge >= 0.3 is 0 Å². The van der Waals surface area contributed by atoms with E-state index in [0.717, 1.165) is 70.9 Å². The molecule has 34 heavy (non-hydrogen) atoms. The zero-order chi connectivity index (χ0) is 25.3. The van der Waals surface area contributed by atoms with Gasteiger partial charge in [0.15, 0.2) is 0 Å². The quantitative estimate of drug-likeness (QED) is 0.157. The molecule has 0 saturated heterocycles. The Morgan fingerprint density at radius 2 is 1.50 bits per heavy atom. The van der Waals surface area contributed by atoms with Crippen LogP contribution < -0.4 is 5.32 Å². The number of carbonyl (C=O) groups excluding carboxylic acids is 1. The number of aliphatic hydroxyl groups excluding tert-OH is 2. The molecule has 0 aromatic heterocycles. The van der Waals surface area contributed by atoms with Crippen LogP contribution in [0.25, 0.3) is 0 Å². The number of nitrogens with zero attached hydrogens (tertiary/aromatic N) is 1. The molecule has 0 fully saturated rings. The number of hydrogen-bond donors (Lipinski definition) is 3. The molecule has 0 aromatic rings. The number of amides is 1. The molecule has 0 aromatic carbocycles. The lowest BCUT2D eigenvalue weighted by Gasteiger charge is -2.23. The van der Waals surface area contributed by atoms with Crippen LogP contribution in [0.4, 0.5) is 0 Å². The second kappa shape index (κ2) is 25.4. The Morgan fingerprint density at radius 3 is 2.18 bits per heavy atom. The van der Waals surface area contributed by atoms with E-state index in [2.05, 4.69) is 17.1 Å². The molecule has 0 rings (SSSR count). The molecule has 0 aliphatic rings. The highest BCUT2D eigenvalue weighted by atomic mass is 16.5. The molecule has 204 valence electrons. The number of ether oxygens (including phenoxy) is 2.